The van der Waals surface area contributed by atoms with Crippen LogP contribution in [0.4, 0.5) is 0 Å². The van der Waals surface area contributed by atoms with Gasteiger partial charge in [-0.15, -0.1) is 0 Å². The normalized spacial score (nSPS) is 27.0. The standard InChI is InChI=1S/C16H32N2O2/c1-15-14-17(8-9-18(15)10-11-19)7-3-2-4-16-5-12-20-13-6-16/h15-16,19H,2-14H2,1H3/t15-/m1/s1. The Morgan fingerprint density at radius 1 is 1.10 bits per heavy atom. The minimum Gasteiger partial charge on any atom is -0.395 e. The molecular weight excluding hydrogens is 252 g/mol. The molecule has 2 fully saturated rings. The first-order chi connectivity index (χ1) is 9.79. The van der Waals surface area contributed by atoms with Crippen LogP contribution in [-0.2, 0) is 4.74 Å². The summed E-state index contributed by atoms with van der Waals surface area (Å²) in [5, 5.41) is 9.04. The van der Waals surface area contributed by atoms with Crippen LogP contribution in [0.15, 0.2) is 0 Å². The van der Waals surface area contributed by atoms with Gasteiger partial charge in [-0.1, -0.05) is 12.8 Å². The van der Waals surface area contributed by atoms with Gasteiger partial charge >= 0.3 is 0 Å². The Morgan fingerprint density at radius 2 is 1.90 bits per heavy atom. The quantitative estimate of drug-likeness (QED) is 0.720. The minimum absolute atomic E-state index is 0.287. The number of aliphatic hydroxyl groups excluding tert-OH is 1. The van der Waals surface area contributed by atoms with E-state index in [4.69, 9.17) is 9.84 Å². The van der Waals surface area contributed by atoms with Crippen LogP contribution in [-0.4, -0.2) is 73.5 Å². The van der Waals surface area contributed by atoms with Gasteiger partial charge in [0.15, 0.2) is 0 Å². The van der Waals surface area contributed by atoms with Crippen molar-refractivity contribution in [3.8, 4) is 0 Å². The van der Waals surface area contributed by atoms with Gasteiger partial charge in [-0.2, -0.15) is 0 Å². The Morgan fingerprint density at radius 3 is 2.60 bits per heavy atom. The van der Waals surface area contributed by atoms with Crippen LogP contribution in [0.1, 0.15) is 39.0 Å². The van der Waals surface area contributed by atoms with Crippen molar-refractivity contribution in [3.63, 3.8) is 0 Å². The maximum atomic E-state index is 9.04. The molecule has 0 aromatic rings. The highest BCUT2D eigenvalue weighted by Crippen LogP contribution is 2.21. The summed E-state index contributed by atoms with van der Waals surface area (Å²) in [7, 11) is 0. The Bertz CT molecular complexity index is 257. The van der Waals surface area contributed by atoms with E-state index in [9.17, 15) is 0 Å². The monoisotopic (exact) mass is 284 g/mol. The molecule has 1 atom stereocenters. The molecule has 118 valence electrons. The van der Waals surface area contributed by atoms with Crippen LogP contribution < -0.4 is 0 Å². The van der Waals surface area contributed by atoms with Gasteiger partial charge in [0.05, 0.1) is 6.61 Å². The number of unbranched alkanes of at least 4 members (excludes halogenated alkanes) is 1. The molecule has 2 heterocycles. The first kappa shape index (κ1) is 16.2. The smallest absolute Gasteiger partial charge is 0.0558 e. The molecule has 0 amide bonds. The Balaban J connectivity index is 1.53. The van der Waals surface area contributed by atoms with Crippen LogP contribution in [0.2, 0.25) is 0 Å². The van der Waals surface area contributed by atoms with Gasteiger partial charge in [0.2, 0.25) is 0 Å². The molecule has 0 unspecified atom stereocenters. The molecule has 0 radical (unpaired) electrons. The zero-order chi connectivity index (χ0) is 14.2. The van der Waals surface area contributed by atoms with Crippen molar-refractivity contribution in [2.45, 2.75) is 45.1 Å². The topological polar surface area (TPSA) is 35.9 Å². The molecule has 0 aromatic heterocycles. The number of ether oxygens (including phenoxy) is 1. The molecule has 0 aromatic carbocycles. The van der Waals surface area contributed by atoms with Crippen molar-refractivity contribution >= 4 is 0 Å². The van der Waals surface area contributed by atoms with Crippen LogP contribution in [0, 0.1) is 5.92 Å². The average Bonchev–Trinajstić information content (AvgIpc) is 2.48. The van der Waals surface area contributed by atoms with Crippen molar-refractivity contribution < 1.29 is 9.84 Å². The molecule has 4 heteroatoms. The van der Waals surface area contributed by atoms with E-state index in [0.29, 0.717) is 6.04 Å². The highest BCUT2D eigenvalue weighted by molar-refractivity contribution is 4.78. The lowest BCUT2D eigenvalue weighted by molar-refractivity contribution is 0.0594. The number of rotatable bonds is 7. The molecule has 0 aliphatic carbocycles. The summed E-state index contributed by atoms with van der Waals surface area (Å²) in [6.45, 7) is 10.1. The van der Waals surface area contributed by atoms with Crippen molar-refractivity contribution in [2.24, 2.45) is 5.92 Å². The number of nitrogens with zero attached hydrogens (tertiary/aromatic N) is 2. The second kappa shape index (κ2) is 8.98. The molecule has 0 saturated carbocycles. The summed E-state index contributed by atoms with van der Waals surface area (Å²) in [5.74, 6) is 0.920. The van der Waals surface area contributed by atoms with Crippen molar-refractivity contribution in [2.75, 3.05) is 52.5 Å². The molecular formula is C16H32N2O2. The predicted molar refractivity (Wildman–Crippen MR) is 82.0 cm³/mol. The van der Waals surface area contributed by atoms with E-state index in [0.717, 1.165) is 38.8 Å². The van der Waals surface area contributed by atoms with Crippen molar-refractivity contribution in [3.05, 3.63) is 0 Å². The first-order valence-corrected chi connectivity index (χ1v) is 8.44. The van der Waals surface area contributed by atoms with E-state index in [2.05, 4.69) is 16.7 Å². The highest BCUT2D eigenvalue weighted by atomic mass is 16.5. The lowest BCUT2D eigenvalue weighted by Crippen LogP contribution is -2.52. The van der Waals surface area contributed by atoms with Crippen molar-refractivity contribution in [1.82, 2.24) is 9.80 Å². The third-order valence-electron chi connectivity index (χ3n) is 4.91. The molecule has 2 rings (SSSR count). The number of hydrogen-bond acceptors (Lipinski definition) is 4. The SMILES string of the molecule is C[C@@H]1CN(CCCCC2CCOCC2)CCN1CCO. The fourth-order valence-corrected chi connectivity index (χ4v) is 3.54. The fraction of sp³-hybridized carbons (Fsp3) is 1.00. The molecule has 20 heavy (non-hydrogen) atoms. The summed E-state index contributed by atoms with van der Waals surface area (Å²) >= 11 is 0. The zero-order valence-electron chi connectivity index (χ0n) is 13.1. The third kappa shape index (κ3) is 5.32. The van der Waals surface area contributed by atoms with E-state index < -0.39 is 0 Å². The first-order valence-electron chi connectivity index (χ1n) is 8.44. The second-order valence-electron chi connectivity index (χ2n) is 6.46. The van der Waals surface area contributed by atoms with Gasteiger partial charge in [-0.25, -0.2) is 0 Å². The fourth-order valence-electron chi connectivity index (χ4n) is 3.54. The maximum Gasteiger partial charge on any atom is 0.0558 e. The van der Waals surface area contributed by atoms with Gasteiger partial charge in [0.25, 0.3) is 0 Å². The summed E-state index contributed by atoms with van der Waals surface area (Å²) in [6.07, 6.45) is 6.65. The predicted octanol–water partition coefficient (Wildman–Crippen LogP) is 1.58. The van der Waals surface area contributed by atoms with Gasteiger partial charge in [0.1, 0.15) is 0 Å². The van der Waals surface area contributed by atoms with Gasteiger partial charge in [-0.05, 0) is 38.6 Å². The molecule has 2 saturated heterocycles. The van der Waals surface area contributed by atoms with Crippen LogP contribution >= 0.6 is 0 Å². The highest BCUT2D eigenvalue weighted by Gasteiger charge is 2.22. The molecule has 1 N–H and O–H groups in total. The lowest BCUT2D eigenvalue weighted by Gasteiger charge is -2.39. The lowest BCUT2D eigenvalue weighted by atomic mass is 9.94. The van der Waals surface area contributed by atoms with Crippen LogP contribution in [0.5, 0.6) is 0 Å². The molecule has 4 nitrogen and oxygen atoms in total. The van der Waals surface area contributed by atoms with Gasteiger partial charge in [0, 0.05) is 45.4 Å². The summed E-state index contributed by atoms with van der Waals surface area (Å²) < 4.78 is 5.41. The van der Waals surface area contributed by atoms with E-state index in [1.807, 2.05) is 0 Å². The van der Waals surface area contributed by atoms with E-state index in [-0.39, 0.29) is 6.61 Å². The average molecular weight is 284 g/mol. The second-order valence-corrected chi connectivity index (χ2v) is 6.46. The van der Waals surface area contributed by atoms with E-state index in [1.54, 1.807) is 0 Å². The Labute approximate surface area is 124 Å². The summed E-state index contributed by atoms with van der Waals surface area (Å²) in [6, 6.07) is 0.589. The largest absolute Gasteiger partial charge is 0.395 e. The maximum absolute atomic E-state index is 9.04. The van der Waals surface area contributed by atoms with E-state index >= 15 is 0 Å². The number of aliphatic hydroxyl groups is 1. The number of hydrogen-bond donors (Lipinski definition) is 1. The van der Waals surface area contributed by atoms with Crippen LogP contribution in [0.3, 0.4) is 0 Å². The molecule has 0 bridgehead atoms. The molecule has 0 spiro atoms. The van der Waals surface area contributed by atoms with Gasteiger partial charge < -0.3 is 14.7 Å². The summed E-state index contributed by atoms with van der Waals surface area (Å²) in [4.78, 5) is 5.00. The number of β-amino-alcohol motifs (C(OH)–C–C–N with tert-alkyl or cyclic N) is 1. The van der Waals surface area contributed by atoms with Crippen LogP contribution in [0.25, 0.3) is 0 Å². The van der Waals surface area contributed by atoms with E-state index in [1.165, 1.54) is 45.2 Å². The third-order valence-corrected chi connectivity index (χ3v) is 4.91. The summed E-state index contributed by atoms with van der Waals surface area (Å²) in [5.41, 5.74) is 0. The molecule has 2 aliphatic heterocycles. The molecule has 2 aliphatic rings. The Kier molecular flexibility index (Phi) is 7.28. The zero-order valence-corrected chi connectivity index (χ0v) is 13.1. The van der Waals surface area contributed by atoms with Crippen molar-refractivity contribution in [1.29, 1.82) is 0 Å². The minimum atomic E-state index is 0.287. The number of piperazine rings is 1. The Hall–Kier alpha value is -0.160. The van der Waals surface area contributed by atoms with Gasteiger partial charge in [-0.3, -0.25) is 4.90 Å².